The van der Waals surface area contributed by atoms with Crippen molar-refractivity contribution in [2.75, 3.05) is 12.8 Å². The zero-order chi connectivity index (χ0) is 14.0. The standard InChI is InChI=1S/C12H10F3N3O/c1-19-10-3-2-7(5-17-10)11-9(12(13,14)15)4-8(16)6-18-11/h2-6H,16H2,1H3. The highest BCUT2D eigenvalue weighted by Gasteiger charge is 2.34. The number of alkyl halides is 3. The molecule has 0 unspecified atom stereocenters. The quantitative estimate of drug-likeness (QED) is 0.910. The first-order valence-electron chi connectivity index (χ1n) is 5.25. The summed E-state index contributed by atoms with van der Waals surface area (Å²) < 4.78 is 43.6. The number of hydrogen-bond acceptors (Lipinski definition) is 4. The van der Waals surface area contributed by atoms with E-state index in [9.17, 15) is 13.2 Å². The molecule has 2 N–H and O–H groups in total. The summed E-state index contributed by atoms with van der Waals surface area (Å²) in [5, 5.41) is 0. The fraction of sp³-hybridized carbons (Fsp3) is 0.167. The van der Waals surface area contributed by atoms with Crippen molar-refractivity contribution in [1.29, 1.82) is 0 Å². The SMILES string of the molecule is COc1ccc(-c2ncc(N)cc2C(F)(F)F)cn1. The van der Waals surface area contributed by atoms with Crippen LogP contribution in [0.15, 0.2) is 30.6 Å². The molecule has 2 aromatic heterocycles. The first-order valence-corrected chi connectivity index (χ1v) is 5.25. The van der Waals surface area contributed by atoms with Crippen LogP contribution in [0.25, 0.3) is 11.3 Å². The number of aromatic nitrogens is 2. The third kappa shape index (κ3) is 2.75. The van der Waals surface area contributed by atoms with E-state index in [2.05, 4.69) is 9.97 Å². The van der Waals surface area contributed by atoms with Crippen molar-refractivity contribution in [3.05, 3.63) is 36.2 Å². The maximum atomic E-state index is 12.9. The second kappa shape index (κ2) is 4.75. The van der Waals surface area contributed by atoms with E-state index in [1.165, 1.54) is 31.6 Å². The molecule has 0 saturated heterocycles. The number of methoxy groups -OCH3 is 1. The Hall–Kier alpha value is -2.31. The average Bonchev–Trinajstić information content (AvgIpc) is 2.38. The normalized spacial score (nSPS) is 11.4. The zero-order valence-corrected chi connectivity index (χ0v) is 9.90. The van der Waals surface area contributed by atoms with Gasteiger partial charge in [-0.2, -0.15) is 13.2 Å². The molecule has 4 nitrogen and oxygen atoms in total. The Morgan fingerprint density at radius 3 is 2.42 bits per heavy atom. The van der Waals surface area contributed by atoms with Crippen LogP contribution in [0.3, 0.4) is 0 Å². The van der Waals surface area contributed by atoms with E-state index in [1.807, 2.05) is 0 Å². The number of hydrogen-bond donors (Lipinski definition) is 1. The fourth-order valence-corrected chi connectivity index (χ4v) is 1.57. The number of pyridine rings is 2. The lowest BCUT2D eigenvalue weighted by atomic mass is 10.1. The predicted molar refractivity (Wildman–Crippen MR) is 63.4 cm³/mol. The summed E-state index contributed by atoms with van der Waals surface area (Å²) in [6.45, 7) is 0. The van der Waals surface area contributed by atoms with Gasteiger partial charge in [0.2, 0.25) is 5.88 Å². The van der Waals surface area contributed by atoms with Crippen LogP contribution in [0.2, 0.25) is 0 Å². The largest absolute Gasteiger partial charge is 0.481 e. The van der Waals surface area contributed by atoms with Gasteiger partial charge >= 0.3 is 6.18 Å². The second-order valence-electron chi connectivity index (χ2n) is 3.75. The minimum absolute atomic E-state index is 0.0439. The molecule has 2 aromatic rings. The second-order valence-corrected chi connectivity index (χ2v) is 3.75. The topological polar surface area (TPSA) is 61.0 Å². The Morgan fingerprint density at radius 2 is 1.89 bits per heavy atom. The third-order valence-corrected chi connectivity index (χ3v) is 2.43. The van der Waals surface area contributed by atoms with Gasteiger partial charge in [-0.3, -0.25) is 4.98 Å². The Balaban J connectivity index is 2.54. The third-order valence-electron chi connectivity index (χ3n) is 2.43. The highest BCUT2D eigenvalue weighted by molar-refractivity contribution is 5.65. The monoisotopic (exact) mass is 269 g/mol. The van der Waals surface area contributed by atoms with Crippen molar-refractivity contribution < 1.29 is 17.9 Å². The minimum Gasteiger partial charge on any atom is -0.481 e. The Labute approximate surface area is 107 Å². The van der Waals surface area contributed by atoms with Gasteiger partial charge in [0, 0.05) is 17.8 Å². The molecule has 0 atom stereocenters. The molecule has 0 spiro atoms. The molecule has 2 heterocycles. The number of halogens is 3. The van der Waals surface area contributed by atoms with Crippen LogP contribution in [0.5, 0.6) is 5.88 Å². The first-order chi connectivity index (χ1) is 8.91. The van der Waals surface area contributed by atoms with Gasteiger partial charge < -0.3 is 10.5 Å². The molecule has 7 heteroatoms. The molecule has 0 aliphatic carbocycles. The molecule has 0 amide bonds. The minimum atomic E-state index is -4.53. The average molecular weight is 269 g/mol. The summed E-state index contributed by atoms with van der Waals surface area (Å²) in [5.41, 5.74) is 4.45. The number of anilines is 1. The van der Waals surface area contributed by atoms with Crippen LogP contribution < -0.4 is 10.5 Å². The molecule has 19 heavy (non-hydrogen) atoms. The van der Waals surface area contributed by atoms with Gasteiger partial charge in [0.1, 0.15) is 0 Å². The van der Waals surface area contributed by atoms with Gasteiger partial charge in [-0.05, 0) is 12.1 Å². The van der Waals surface area contributed by atoms with Crippen molar-refractivity contribution >= 4 is 5.69 Å². The van der Waals surface area contributed by atoms with Crippen molar-refractivity contribution in [2.45, 2.75) is 6.18 Å². The Kier molecular flexibility index (Phi) is 3.28. The highest BCUT2D eigenvalue weighted by Crippen LogP contribution is 2.36. The Morgan fingerprint density at radius 1 is 1.16 bits per heavy atom. The van der Waals surface area contributed by atoms with E-state index in [0.29, 0.717) is 5.88 Å². The van der Waals surface area contributed by atoms with Crippen LogP contribution >= 0.6 is 0 Å². The lowest BCUT2D eigenvalue weighted by Crippen LogP contribution is -2.09. The van der Waals surface area contributed by atoms with Gasteiger partial charge in [-0.1, -0.05) is 0 Å². The van der Waals surface area contributed by atoms with Crippen molar-refractivity contribution in [2.24, 2.45) is 0 Å². The Bertz CT molecular complexity index is 582. The highest BCUT2D eigenvalue weighted by atomic mass is 19.4. The number of nitrogens with zero attached hydrogens (tertiary/aromatic N) is 2. The molecule has 0 radical (unpaired) electrons. The number of rotatable bonds is 2. The molecule has 0 bridgehead atoms. The van der Waals surface area contributed by atoms with Crippen LogP contribution in [0, 0.1) is 0 Å². The summed E-state index contributed by atoms with van der Waals surface area (Å²) in [6.07, 6.45) is -2.08. The van der Waals surface area contributed by atoms with Crippen molar-refractivity contribution in [1.82, 2.24) is 9.97 Å². The van der Waals surface area contributed by atoms with E-state index < -0.39 is 11.7 Å². The van der Waals surface area contributed by atoms with Gasteiger partial charge in [0.05, 0.1) is 30.3 Å². The molecule has 0 saturated carbocycles. The molecular formula is C12H10F3N3O. The molecule has 0 aliphatic heterocycles. The summed E-state index contributed by atoms with van der Waals surface area (Å²) in [7, 11) is 1.42. The van der Waals surface area contributed by atoms with E-state index in [1.54, 1.807) is 0 Å². The van der Waals surface area contributed by atoms with E-state index in [4.69, 9.17) is 10.5 Å². The van der Waals surface area contributed by atoms with E-state index >= 15 is 0 Å². The van der Waals surface area contributed by atoms with Gasteiger partial charge in [0.15, 0.2) is 0 Å². The summed E-state index contributed by atoms with van der Waals surface area (Å²) >= 11 is 0. The van der Waals surface area contributed by atoms with Gasteiger partial charge in [0.25, 0.3) is 0 Å². The predicted octanol–water partition coefficient (Wildman–Crippen LogP) is 2.75. The number of ether oxygens (including phenoxy) is 1. The van der Waals surface area contributed by atoms with Gasteiger partial charge in [-0.15, -0.1) is 0 Å². The van der Waals surface area contributed by atoms with Crippen molar-refractivity contribution in [3.63, 3.8) is 0 Å². The summed E-state index contributed by atoms with van der Waals surface area (Å²) in [5.74, 6) is 0.313. The van der Waals surface area contributed by atoms with Crippen LogP contribution in [0.1, 0.15) is 5.56 Å². The molecule has 0 fully saturated rings. The van der Waals surface area contributed by atoms with Crippen LogP contribution in [-0.4, -0.2) is 17.1 Å². The molecule has 0 aromatic carbocycles. The molecule has 0 aliphatic rings. The first kappa shape index (κ1) is 13.1. The van der Waals surface area contributed by atoms with Crippen LogP contribution in [0.4, 0.5) is 18.9 Å². The molecular weight excluding hydrogens is 259 g/mol. The number of nitrogens with two attached hydrogens (primary N) is 1. The zero-order valence-electron chi connectivity index (χ0n) is 9.90. The maximum Gasteiger partial charge on any atom is 0.418 e. The molecule has 100 valence electrons. The smallest absolute Gasteiger partial charge is 0.418 e. The fourth-order valence-electron chi connectivity index (χ4n) is 1.57. The van der Waals surface area contributed by atoms with E-state index in [-0.39, 0.29) is 16.9 Å². The van der Waals surface area contributed by atoms with Crippen LogP contribution in [-0.2, 0) is 6.18 Å². The summed E-state index contributed by atoms with van der Waals surface area (Å²) in [6, 6.07) is 3.78. The lowest BCUT2D eigenvalue weighted by molar-refractivity contribution is -0.137. The van der Waals surface area contributed by atoms with Crippen molar-refractivity contribution in [3.8, 4) is 17.1 Å². The number of nitrogen functional groups attached to an aromatic ring is 1. The van der Waals surface area contributed by atoms with Gasteiger partial charge in [-0.25, -0.2) is 4.98 Å². The maximum absolute atomic E-state index is 12.9. The summed E-state index contributed by atoms with van der Waals surface area (Å²) in [4.78, 5) is 7.60. The van der Waals surface area contributed by atoms with E-state index in [0.717, 1.165) is 6.07 Å². The lowest BCUT2D eigenvalue weighted by Gasteiger charge is -2.12. The molecule has 2 rings (SSSR count).